The summed E-state index contributed by atoms with van der Waals surface area (Å²) in [6, 6.07) is 8.81. The van der Waals surface area contributed by atoms with Gasteiger partial charge >= 0.3 is 0 Å². The number of benzene rings is 1. The van der Waals surface area contributed by atoms with E-state index >= 15 is 0 Å². The highest BCUT2D eigenvalue weighted by molar-refractivity contribution is 5.45. The molecule has 0 heterocycles. The Labute approximate surface area is 119 Å². The van der Waals surface area contributed by atoms with E-state index in [0.717, 1.165) is 19.0 Å². The zero-order valence-corrected chi connectivity index (χ0v) is 13.1. The van der Waals surface area contributed by atoms with Crippen LogP contribution in [0.15, 0.2) is 24.3 Å². The van der Waals surface area contributed by atoms with Crippen LogP contribution in [0.1, 0.15) is 45.1 Å². The molecule has 1 atom stereocenters. The monoisotopic (exact) mass is 262 g/mol. The first kappa shape index (κ1) is 16.0. The fraction of sp³-hybridized carbons (Fsp3) is 0.647. The van der Waals surface area contributed by atoms with Crippen molar-refractivity contribution in [2.45, 2.75) is 46.1 Å². The summed E-state index contributed by atoms with van der Waals surface area (Å²) in [5.74, 6) is 0.834. The molecule has 2 nitrogen and oxygen atoms in total. The van der Waals surface area contributed by atoms with Crippen LogP contribution in [0.4, 0.5) is 5.69 Å². The Hall–Kier alpha value is -1.02. The topological polar surface area (TPSA) is 15.3 Å². The van der Waals surface area contributed by atoms with Gasteiger partial charge < -0.3 is 10.2 Å². The Balaban J connectivity index is 2.31. The smallest absolute Gasteiger partial charge is 0.0361 e. The van der Waals surface area contributed by atoms with Gasteiger partial charge in [-0.15, -0.1) is 0 Å². The van der Waals surface area contributed by atoms with Crippen LogP contribution in [0.3, 0.4) is 0 Å². The van der Waals surface area contributed by atoms with Crippen molar-refractivity contribution in [2.24, 2.45) is 5.92 Å². The Kier molecular flexibility index (Phi) is 7.57. The van der Waals surface area contributed by atoms with E-state index in [-0.39, 0.29) is 0 Å². The van der Waals surface area contributed by atoms with Gasteiger partial charge in [0, 0.05) is 26.3 Å². The molecule has 0 saturated carbocycles. The molecule has 0 radical (unpaired) electrons. The average molecular weight is 262 g/mol. The molecule has 0 saturated heterocycles. The molecule has 0 aliphatic heterocycles. The number of nitrogens with one attached hydrogen (secondary N) is 1. The lowest BCUT2D eigenvalue weighted by Crippen LogP contribution is -2.22. The van der Waals surface area contributed by atoms with Crippen molar-refractivity contribution in [1.29, 1.82) is 0 Å². The molecule has 1 rings (SSSR count). The lowest BCUT2D eigenvalue weighted by molar-refractivity contribution is 0.419. The molecule has 108 valence electrons. The van der Waals surface area contributed by atoms with Crippen molar-refractivity contribution in [3.63, 3.8) is 0 Å². The maximum absolute atomic E-state index is 3.60. The SMILES string of the molecule is CCCCC(CC)CNCc1ccc(N(C)C)cc1. The molecular formula is C17H30N2. The van der Waals surface area contributed by atoms with Crippen LogP contribution in [-0.4, -0.2) is 20.6 Å². The van der Waals surface area contributed by atoms with E-state index < -0.39 is 0 Å². The highest BCUT2D eigenvalue weighted by atomic mass is 15.1. The molecular weight excluding hydrogens is 232 g/mol. The van der Waals surface area contributed by atoms with Gasteiger partial charge in [0.2, 0.25) is 0 Å². The number of anilines is 1. The summed E-state index contributed by atoms with van der Waals surface area (Å²) in [7, 11) is 4.15. The second-order valence-corrected chi connectivity index (χ2v) is 5.61. The number of nitrogens with zero attached hydrogens (tertiary/aromatic N) is 1. The minimum atomic E-state index is 0.834. The third-order valence-corrected chi connectivity index (χ3v) is 3.76. The van der Waals surface area contributed by atoms with Crippen LogP contribution >= 0.6 is 0 Å². The number of hydrogen-bond donors (Lipinski definition) is 1. The summed E-state index contributed by atoms with van der Waals surface area (Å²) in [6.45, 7) is 6.70. The molecule has 0 aromatic heterocycles. The van der Waals surface area contributed by atoms with Gasteiger partial charge in [-0.2, -0.15) is 0 Å². The highest BCUT2D eigenvalue weighted by Gasteiger charge is 2.05. The third kappa shape index (κ3) is 6.11. The van der Waals surface area contributed by atoms with Gasteiger partial charge in [-0.05, 0) is 36.6 Å². The normalized spacial score (nSPS) is 12.4. The quantitative estimate of drug-likeness (QED) is 0.722. The van der Waals surface area contributed by atoms with Gasteiger partial charge in [-0.3, -0.25) is 0 Å². The fourth-order valence-corrected chi connectivity index (χ4v) is 2.28. The third-order valence-electron chi connectivity index (χ3n) is 3.76. The van der Waals surface area contributed by atoms with Crippen LogP contribution in [0, 0.1) is 5.92 Å². The Morgan fingerprint density at radius 3 is 2.32 bits per heavy atom. The van der Waals surface area contributed by atoms with Crippen LogP contribution in [0.5, 0.6) is 0 Å². The maximum Gasteiger partial charge on any atom is 0.0361 e. The minimum Gasteiger partial charge on any atom is -0.378 e. The van der Waals surface area contributed by atoms with E-state index in [1.165, 1.54) is 36.9 Å². The largest absolute Gasteiger partial charge is 0.378 e. The predicted molar refractivity (Wildman–Crippen MR) is 85.8 cm³/mol. The molecule has 0 aliphatic rings. The first-order chi connectivity index (χ1) is 9.17. The molecule has 2 heteroatoms. The van der Waals surface area contributed by atoms with Crippen LogP contribution < -0.4 is 10.2 Å². The molecule has 1 aromatic carbocycles. The van der Waals surface area contributed by atoms with Crippen molar-refractivity contribution in [1.82, 2.24) is 5.32 Å². The van der Waals surface area contributed by atoms with Crippen LogP contribution in [0.25, 0.3) is 0 Å². The highest BCUT2D eigenvalue weighted by Crippen LogP contribution is 2.13. The number of hydrogen-bond acceptors (Lipinski definition) is 2. The van der Waals surface area contributed by atoms with Gasteiger partial charge in [-0.25, -0.2) is 0 Å². The second kappa shape index (κ2) is 8.98. The zero-order chi connectivity index (χ0) is 14.1. The zero-order valence-electron chi connectivity index (χ0n) is 13.1. The van der Waals surface area contributed by atoms with Crippen molar-refractivity contribution >= 4 is 5.69 Å². The molecule has 0 fully saturated rings. The first-order valence-electron chi connectivity index (χ1n) is 7.64. The Bertz CT molecular complexity index is 330. The summed E-state index contributed by atoms with van der Waals surface area (Å²) < 4.78 is 0. The van der Waals surface area contributed by atoms with Gasteiger partial charge in [0.1, 0.15) is 0 Å². The number of unbranched alkanes of at least 4 members (excludes halogenated alkanes) is 1. The Morgan fingerprint density at radius 2 is 1.79 bits per heavy atom. The molecule has 1 unspecified atom stereocenters. The van der Waals surface area contributed by atoms with Crippen molar-refractivity contribution in [2.75, 3.05) is 25.5 Å². The molecule has 19 heavy (non-hydrogen) atoms. The first-order valence-corrected chi connectivity index (χ1v) is 7.64. The number of rotatable bonds is 9. The van der Waals surface area contributed by atoms with Gasteiger partial charge in [0.15, 0.2) is 0 Å². The van der Waals surface area contributed by atoms with Crippen molar-refractivity contribution in [3.05, 3.63) is 29.8 Å². The lowest BCUT2D eigenvalue weighted by Gasteiger charge is -2.16. The summed E-state index contributed by atoms with van der Waals surface area (Å²) in [4.78, 5) is 2.13. The Morgan fingerprint density at radius 1 is 1.11 bits per heavy atom. The van der Waals surface area contributed by atoms with Crippen LogP contribution in [-0.2, 0) is 6.54 Å². The predicted octanol–water partition coefficient (Wildman–Crippen LogP) is 4.06. The molecule has 1 N–H and O–H groups in total. The van der Waals surface area contributed by atoms with Crippen LogP contribution in [0.2, 0.25) is 0 Å². The van der Waals surface area contributed by atoms with Crippen molar-refractivity contribution < 1.29 is 0 Å². The van der Waals surface area contributed by atoms with E-state index in [9.17, 15) is 0 Å². The van der Waals surface area contributed by atoms with E-state index in [0.29, 0.717) is 0 Å². The summed E-state index contributed by atoms with van der Waals surface area (Å²) in [5.41, 5.74) is 2.63. The van der Waals surface area contributed by atoms with E-state index in [2.05, 4.69) is 62.4 Å². The van der Waals surface area contributed by atoms with E-state index in [1.807, 2.05) is 0 Å². The summed E-state index contributed by atoms with van der Waals surface area (Å²) >= 11 is 0. The van der Waals surface area contributed by atoms with Gasteiger partial charge in [0.05, 0.1) is 0 Å². The van der Waals surface area contributed by atoms with Gasteiger partial charge in [-0.1, -0.05) is 45.2 Å². The average Bonchev–Trinajstić information content (AvgIpc) is 2.43. The minimum absolute atomic E-state index is 0.834. The molecule has 0 aliphatic carbocycles. The molecule has 0 amide bonds. The van der Waals surface area contributed by atoms with Crippen molar-refractivity contribution in [3.8, 4) is 0 Å². The standard InChI is InChI=1S/C17H30N2/c1-5-7-8-15(6-2)13-18-14-16-9-11-17(12-10-16)19(3)4/h9-12,15,18H,5-8,13-14H2,1-4H3. The fourth-order valence-electron chi connectivity index (χ4n) is 2.28. The maximum atomic E-state index is 3.60. The second-order valence-electron chi connectivity index (χ2n) is 5.61. The summed E-state index contributed by atoms with van der Waals surface area (Å²) in [5, 5.41) is 3.60. The lowest BCUT2D eigenvalue weighted by atomic mass is 9.99. The summed E-state index contributed by atoms with van der Waals surface area (Å²) in [6.07, 6.45) is 5.31. The molecule has 1 aromatic rings. The van der Waals surface area contributed by atoms with E-state index in [1.54, 1.807) is 0 Å². The molecule has 0 bridgehead atoms. The van der Waals surface area contributed by atoms with E-state index in [4.69, 9.17) is 0 Å². The molecule has 0 spiro atoms. The van der Waals surface area contributed by atoms with Gasteiger partial charge in [0.25, 0.3) is 0 Å².